The zero-order chi connectivity index (χ0) is 14.6. The molecule has 1 saturated heterocycles. The minimum absolute atomic E-state index is 0.0125. The first-order valence-electron chi connectivity index (χ1n) is 7.55. The molecule has 1 aliphatic heterocycles. The Bertz CT molecular complexity index is 699. The highest BCUT2D eigenvalue weighted by Gasteiger charge is 2.39. The number of ether oxygens (including phenoxy) is 2. The van der Waals surface area contributed by atoms with Crippen LogP contribution in [0.15, 0.2) is 69.3 Å². The molecule has 21 heavy (non-hydrogen) atoms. The fourth-order valence-corrected chi connectivity index (χ4v) is 7.26. The molecule has 1 unspecified atom stereocenters. The van der Waals surface area contributed by atoms with Gasteiger partial charge in [-0.1, -0.05) is 48.2 Å². The summed E-state index contributed by atoms with van der Waals surface area (Å²) in [5.41, 5.74) is 4.10. The van der Waals surface area contributed by atoms with E-state index in [-0.39, 0.29) is 6.10 Å². The molecule has 108 valence electrons. The Balaban J connectivity index is 1.76. The second kappa shape index (κ2) is 4.45. The van der Waals surface area contributed by atoms with Crippen molar-refractivity contribution >= 4 is 8.07 Å². The molecule has 2 nitrogen and oxygen atoms in total. The van der Waals surface area contributed by atoms with Crippen molar-refractivity contribution in [1.82, 2.24) is 0 Å². The van der Waals surface area contributed by atoms with Crippen LogP contribution in [0.5, 0.6) is 0 Å². The average molecular weight is 296 g/mol. The summed E-state index contributed by atoms with van der Waals surface area (Å²) in [4.78, 5) is 0. The number of hydrogen-bond acceptors (Lipinski definition) is 2. The van der Waals surface area contributed by atoms with Gasteiger partial charge in [0.15, 0.2) is 6.79 Å². The molecule has 0 bridgehead atoms. The maximum atomic E-state index is 5.66. The largest absolute Gasteiger partial charge is 0.469 e. The standard InChI is InChI=1S/C18H20O2Si/c1-12-8-13-9-16-17(20-11-19-16)10-15(13)18(12)21(2,3)14-6-4-5-7-14/h4-6,8-10,17H,7,11H2,1-3H3. The summed E-state index contributed by atoms with van der Waals surface area (Å²) in [5.74, 6) is 0.959. The summed E-state index contributed by atoms with van der Waals surface area (Å²) in [5, 5.41) is 3.18. The summed E-state index contributed by atoms with van der Waals surface area (Å²) in [6.07, 6.45) is 14.7. The predicted octanol–water partition coefficient (Wildman–Crippen LogP) is 4.11. The molecule has 0 aromatic carbocycles. The van der Waals surface area contributed by atoms with Gasteiger partial charge in [-0.05, 0) is 41.8 Å². The molecule has 0 saturated carbocycles. The summed E-state index contributed by atoms with van der Waals surface area (Å²) in [6, 6.07) is 0. The molecule has 0 N–H and O–H groups in total. The number of allylic oxidation sites excluding steroid dienone is 10. The molecule has 1 heterocycles. The van der Waals surface area contributed by atoms with Gasteiger partial charge in [-0.25, -0.2) is 0 Å². The number of rotatable bonds is 2. The van der Waals surface area contributed by atoms with Crippen molar-refractivity contribution in [3.63, 3.8) is 0 Å². The fraction of sp³-hybridized carbons (Fsp3) is 0.333. The third-order valence-electron chi connectivity index (χ3n) is 4.92. The van der Waals surface area contributed by atoms with E-state index < -0.39 is 8.07 Å². The zero-order valence-corrected chi connectivity index (χ0v) is 13.8. The quantitative estimate of drug-likeness (QED) is 0.714. The van der Waals surface area contributed by atoms with Gasteiger partial charge < -0.3 is 9.47 Å². The van der Waals surface area contributed by atoms with Crippen LogP contribution in [0.3, 0.4) is 0 Å². The summed E-state index contributed by atoms with van der Waals surface area (Å²) in [7, 11) is -1.62. The molecule has 3 heteroatoms. The first-order valence-corrected chi connectivity index (χ1v) is 10.5. The van der Waals surface area contributed by atoms with E-state index in [2.05, 4.69) is 56.5 Å². The third kappa shape index (κ3) is 1.88. The lowest BCUT2D eigenvalue weighted by atomic mass is 10.00. The molecule has 4 aliphatic rings. The van der Waals surface area contributed by atoms with Gasteiger partial charge in [0, 0.05) is 0 Å². The van der Waals surface area contributed by atoms with E-state index >= 15 is 0 Å². The Morgan fingerprint density at radius 1 is 1.24 bits per heavy atom. The maximum absolute atomic E-state index is 5.66. The van der Waals surface area contributed by atoms with Crippen molar-refractivity contribution in [3.05, 3.63) is 69.3 Å². The summed E-state index contributed by atoms with van der Waals surface area (Å²) >= 11 is 0. The molecule has 0 aromatic heterocycles. The van der Waals surface area contributed by atoms with E-state index in [9.17, 15) is 0 Å². The maximum Gasteiger partial charge on any atom is 0.189 e. The minimum atomic E-state index is -1.62. The highest BCUT2D eigenvalue weighted by molar-refractivity contribution is 6.91. The minimum Gasteiger partial charge on any atom is -0.469 e. The van der Waals surface area contributed by atoms with Crippen LogP contribution in [0.25, 0.3) is 0 Å². The van der Waals surface area contributed by atoms with Crippen LogP contribution in [-0.4, -0.2) is 21.0 Å². The second-order valence-electron chi connectivity index (χ2n) is 6.58. The van der Waals surface area contributed by atoms with E-state index in [1.807, 2.05) is 0 Å². The van der Waals surface area contributed by atoms with Crippen molar-refractivity contribution in [1.29, 1.82) is 0 Å². The van der Waals surface area contributed by atoms with Gasteiger partial charge in [0.25, 0.3) is 0 Å². The lowest BCUT2D eigenvalue weighted by molar-refractivity contribution is 0.0629. The second-order valence-corrected chi connectivity index (χ2v) is 11.0. The Morgan fingerprint density at radius 2 is 2.10 bits per heavy atom. The molecule has 1 atom stereocenters. The van der Waals surface area contributed by atoms with Gasteiger partial charge in [-0.2, -0.15) is 0 Å². The first kappa shape index (κ1) is 13.1. The van der Waals surface area contributed by atoms with E-state index in [1.165, 1.54) is 16.7 Å². The Kier molecular flexibility index (Phi) is 2.78. The van der Waals surface area contributed by atoms with Gasteiger partial charge in [-0.3, -0.25) is 0 Å². The molecule has 0 radical (unpaired) electrons. The van der Waals surface area contributed by atoms with E-state index in [1.54, 1.807) is 10.4 Å². The van der Waals surface area contributed by atoms with Crippen LogP contribution < -0.4 is 0 Å². The smallest absolute Gasteiger partial charge is 0.189 e. The Morgan fingerprint density at radius 3 is 2.86 bits per heavy atom. The summed E-state index contributed by atoms with van der Waals surface area (Å²) in [6.45, 7) is 7.55. The van der Waals surface area contributed by atoms with Crippen molar-refractivity contribution in [2.45, 2.75) is 32.5 Å². The van der Waals surface area contributed by atoms with Gasteiger partial charge in [0.2, 0.25) is 0 Å². The van der Waals surface area contributed by atoms with Gasteiger partial charge >= 0.3 is 0 Å². The monoisotopic (exact) mass is 296 g/mol. The van der Waals surface area contributed by atoms with Crippen molar-refractivity contribution in [2.75, 3.05) is 6.79 Å². The van der Waals surface area contributed by atoms with Gasteiger partial charge in [0.1, 0.15) is 19.9 Å². The third-order valence-corrected chi connectivity index (χ3v) is 8.81. The predicted molar refractivity (Wildman–Crippen MR) is 87.1 cm³/mol. The van der Waals surface area contributed by atoms with Crippen molar-refractivity contribution < 1.29 is 9.47 Å². The molecule has 0 aromatic rings. The molecule has 3 aliphatic carbocycles. The van der Waals surface area contributed by atoms with E-state index in [4.69, 9.17) is 9.47 Å². The molecular formula is C18H20O2Si. The lowest BCUT2D eigenvalue weighted by Crippen LogP contribution is -2.33. The molecule has 4 rings (SSSR count). The highest BCUT2D eigenvalue weighted by Crippen LogP contribution is 2.45. The molecule has 1 fully saturated rings. The highest BCUT2D eigenvalue weighted by atomic mass is 28.3. The fourth-order valence-electron chi connectivity index (χ4n) is 3.84. The van der Waals surface area contributed by atoms with Crippen molar-refractivity contribution in [2.24, 2.45) is 0 Å². The van der Waals surface area contributed by atoms with Crippen LogP contribution in [0.1, 0.15) is 13.3 Å². The van der Waals surface area contributed by atoms with Crippen LogP contribution in [-0.2, 0) is 9.47 Å². The first-order chi connectivity index (χ1) is 10.1. The van der Waals surface area contributed by atoms with Crippen LogP contribution in [0.2, 0.25) is 13.1 Å². The topological polar surface area (TPSA) is 18.5 Å². The zero-order valence-electron chi connectivity index (χ0n) is 12.8. The van der Waals surface area contributed by atoms with Gasteiger partial charge in [0.05, 0.1) is 0 Å². The number of fused-ring (bicyclic) bond motifs is 2. The van der Waals surface area contributed by atoms with Crippen LogP contribution in [0.4, 0.5) is 0 Å². The average Bonchev–Trinajstić information content (AvgIpc) is 3.14. The Hall–Kier alpha value is -1.58. The van der Waals surface area contributed by atoms with Crippen LogP contribution in [0, 0.1) is 0 Å². The van der Waals surface area contributed by atoms with E-state index in [0.29, 0.717) is 6.79 Å². The number of hydrogen-bond donors (Lipinski definition) is 0. The van der Waals surface area contributed by atoms with Crippen LogP contribution >= 0.6 is 0 Å². The molecular weight excluding hydrogens is 276 g/mol. The SMILES string of the molecule is CC1=C([Si](C)(C)C2=CC=CC2)C2=CC3OCOC3=CC2=C1. The molecule has 0 amide bonds. The lowest BCUT2D eigenvalue weighted by Gasteiger charge is -2.30. The summed E-state index contributed by atoms with van der Waals surface area (Å²) < 4.78 is 11.2. The molecule has 0 spiro atoms. The van der Waals surface area contributed by atoms with Crippen molar-refractivity contribution in [3.8, 4) is 0 Å². The van der Waals surface area contributed by atoms with E-state index in [0.717, 1.165) is 12.2 Å². The Labute approximate surface area is 126 Å². The normalized spacial score (nSPS) is 26.9. The van der Waals surface area contributed by atoms with Gasteiger partial charge in [-0.15, -0.1) is 0 Å².